The third kappa shape index (κ3) is 4.24. The van der Waals surface area contributed by atoms with Crippen molar-refractivity contribution in [2.75, 3.05) is 19.6 Å². The fourth-order valence-corrected chi connectivity index (χ4v) is 2.97. The number of hydrogen-bond donors (Lipinski definition) is 1. The van der Waals surface area contributed by atoms with E-state index >= 15 is 0 Å². The van der Waals surface area contributed by atoms with Gasteiger partial charge < -0.3 is 24.7 Å². The summed E-state index contributed by atoms with van der Waals surface area (Å²) in [6.45, 7) is 4.96. The molecule has 0 radical (unpaired) electrons. The van der Waals surface area contributed by atoms with Crippen LogP contribution >= 0.6 is 0 Å². The summed E-state index contributed by atoms with van der Waals surface area (Å²) in [7, 11) is 0. The Bertz CT molecular complexity index is 745. The Kier molecular flexibility index (Phi) is 5.13. The Balaban J connectivity index is 1.41. The average molecular weight is 347 g/mol. The number of hydrogen-bond acceptors (Lipinski definition) is 6. The Hall–Kier alpha value is -2.68. The zero-order valence-electron chi connectivity index (χ0n) is 14.1. The molecule has 2 aromatic heterocycles. The van der Waals surface area contributed by atoms with Crippen molar-refractivity contribution in [2.24, 2.45) is 0 Å². The van der Waals surface area contributed by atoms with E-state index < -0.39 is 4.92 Å². The molecule has 3 rings (SSSR count). The summed E-state index contributed by atoms with van der Waals surface area (Å²) < 4.78 is 6.80. The van der Waals surface area contributed by atoms with Gasteiger partial charge in [-0.05, 0) is 30.8 Å². The maximum atomic E-state index is 12.2. The monoisotopic (exact) mass is 347 g/mol. The van der Waals surface area contributed by atoms with Gasteiger partial charge in [-0.2, -0.15) is 4.68 Å². The summed E-state index contributed by atoms with van der Waals surface area (Å²) in [5.41, 5.74) is 0.836. The van der Waals surface area contributed by atoms with Gasteiger partial charge in [0, 0.05) is 31.2 Å². The van der Waals surface area contributed by atoms with E-state index in [1.54, 1.807) is 16.9 Å². The molecule has 9 heteroatoms. The Morgan fingerprint density at radius 1 is 1.40 bits per heavy atom. The third-order valence-electron chi connectivity index (χ3n) is 4.45. The third-order valence-corrected chi connectivity index (χ3v) is 4.45. The number of likely N-dealkylation sites (tertiary alicyclic amines) is 1. The van der Waals surface area contributed by atoms with Gasteiger partial charge >= 0.3 is 5.82 Å². The van der Waals surface area contributed by atoms with Gasteiger partial charge in [0.15, 0.2) is 5.76 Å². The van der Waals surface area contributed by atoms with Gasteiger partial charge in [0.25, 0.3) is 5.91 Å². The number of nitrogens with zero attached hydrogens (tertiary/aromatic N) is 4. The number of aromatic nitrogens is 2. The van der Waals surface area contributed by atoms with E-state index in [1.165, 1.54) is 12.3 Å². The molecule has 3 heterocycles. The van der Waals surface area contributed by atoms with Gasteiger partial charge in [-0.3, -0.25) is 4.79 Å². The van der Waals surface area contributed by atoms with Gasteiger partial charge in [0.05, 0.1) is 30.2 Å². The zero-order chi connectivity index (χ0) is 17.8. The minimum atomic E-state index is -0.495. The first-order valence-corrected chi connectivity index (χ1v) is 8.28. The molecule has 0 unspecified atom stereocenters. The standard InChI is InChI=1S/C16H21N5O4/c1-12-5-11-25-15(12)16(22)17-13-2-6-19(7-3-13)9-10-20-8-4-14(18-20)21(23)24/h4-5,8,11,13H,2-3,6-7,9-10H2,1H3,(H,17,22). The van der Waals surface area contributed by atoms with Gasteiger partial charge in [-0.15, -0.1) is 0 Å². The predicted molar refractivity (Wildman–Crippen MR) is 89.3 cm³/mol. The Morgan fingerprint density at radius 2 is 2.16 bits per heavy atom. The van der Waals surface area contributed by atoms with E-state index in [2.05, 4.69) is 15.3 Å². The quantitative estimate of drug-likeness (QED) is 0.628. The number of amides is 1. The topological polar surface area (TPSA) is 106 Å². The van der Waals surface area contributed by atoms with Crippen molar-refractivity contribution in [3.05, 3.63) is 46.0 Å². The van der Waals surface area contributed by atoms with Crippen molar-refractivity contribution in [3.63, 3.8) is 0 Å². The van der Waals surface area contributed by atoms with Crippen LogP contribution < -0.4 is 5.32 Å². The molecular weight excluding hydrogens is 326 g/mol. The SMILES string of the molecule is Cc1ccoc1C(=O)NC1CCN(CCn2ccc([N+](=O)[O-])n2)CC1. The molecule has 1 aliphatic rings. The van der Waals surface area contributed by atoms with E-state index in [-0.39, 0.29) is 17.8 Å². The molecule has 0 atom stereocenters. The van der Waals surface area contributed by atoms with Crippen molar-refractivity contribution in [1.29, 1.82) is 0 Å². The lowest BCUT2D eigenvalue weighted by molar-refractivity contribution is -0.389. The molecule has 1 saturated heterocycles. The molecule has 9 nitrogen and oxygen atoms in total. The molecule has 0 aliphatic carbocycles. The van der Waals surface area contributed by atoms with Crippen molar-refractivity contribution >= 4 is 11.7 Å². The molecule has 25 heavy (non-hydrogen) atoms. The number of rotatable bonds is 6. The smallest absolute Gasteiger partial charge is 0.389 e. The maximum absolute atomic E-state index is 12.2. The lowest BCUT2D eigenvalue weighted by Gasteiger charge is -2.31. The van der Waals surface area contributed by atoms with E-state index in [4.69, 9.17) is 4.42 Å². The number of nitro groups is 1. The van der Waals surface area contributed by atoms with E-state index in [9.17, 15) is 14.9 Å². The van der Waals surface area contributed by atoms with E-state index in [1.807, 2.05) is 6.92 Å². The molecule has 2 aromatic rings. The van der Waals surface area contributed by atoms with Crippen LogP contribution in [0.5, 0.6) is 0 Å². The molecule has 0 saturated carbocycles. The number of piperidine rings is 1. The Labute approximate surface area is 144 Å². The van der Waals surface area contributed by atoms with Crippen LogP contribution in [-0.2, 0) is 6.54 Å². The number of nitrogens with one attached hydrogen (secondary N) is 1. The van der Waals surface area contributed by atoms with E-state index in [0.717, 1.165) is 38.0 Å². The van der Waals surface area contributed by atoms with Crippen molar-refractivity contribution in [1.82, 2.24) is 20.0 Å². The molecule has 0 bridgehead atoms. The normalized spacial score (nSPS) is 16.0. The zero-order valence-corrected chi connectivity index (χ0v) is 14.1. The second-order valence-electron chi connectivity index (χ2n) is 6.22. The average Bonchev–Trinajstić information content (AvgIpc) is 3.23. The largest absolute Gasteiger partial charge is 0.459 e. The second-order valence-corrected chi connectivity index (χ2v) is 6.22. The first-order valence-electron chi connectivity index (χ1n) is 8.28. The molecular formula is C16H21N5O4. The van der Waals surface area contributed by atoms with Gasteiger partial charge in [0.1, 0.15) is 0 Å². The van der Waals surface area contributed by atoms with Gasteiger partial charge in [0.2, 0.25) is 0 Å². The molecule has 0 aromatic carbocycles. The van der Waals surface area contributed by atoms with Crippen LogP contribution in [-0.4, -0.2) is 51.2 Å². The van der Waals surface area contributed by atoms with Crippen LogP contribution in [0.2, 0.25) is 0 Å². The highest BCUT2D eigenvalue weighted by Crippen LogP contribution is 2.14. The number of carbonyl (C=O) groups is 1. The maximum Gasteiger partial charge on any atom is 0.389 e. The minimum Gasteiger partial charge on any atom is -0.459 e. The predicted octanol–water partition coefficient (Wildman–Crippen LogP) is 1.59. The molecule has 1 amide bonds. The Morgan fingerprint density at radius 3 is 2.76 bits per heavy atom. The van der Waals surface area contributed by atoms with Crippen LogP contribution in [0.25, 0.3) is 0 Å². The molecule has 1 fully saturated rings. The summed E-state index contributed by atoms with van der Waals surface area (Å²) in [6, 6.07) is 3.31. The van der Waals surface area contributed by atoms with Crippen LogP contribution in [0.4, 0.5) is 5.82 Å². The van der Waals surface area contributed by atoms with Gasteiger partial charge in [-0.1, -0.05) is 0 Å². The summed E-state index contributed by atoms with van der Waals surface area (Å²) in [6.07, 6.45) is 4.87. The van der Waals surface area contributed by atoms with Crippen LogP contribution in [0, 0.1) is 17.0 Å². The first kappa shape index (κ1) is 17.2. The molecule has 0 spiro atoms. The summed E-state index contributed by atoms with van der Waals surface area (Å²) in [4.78, 5) is 24.6. The van der Waals surface area contributed by atoms with Crippen molar-refractivity contribution in [3.8, 4) is 0 Å². The first-order chi connectivity index (χ1) is 12.0. The van der Waals surface area contributed by atoms with Crippen LogP contribution in [0.3, 0.4) is 0 Å². The lowest BCUT2D eigenvalue weighted by atomic mass is 10.0. The lowest BCUT2D eigenvalue weighted by Crippen LogP contribution is -2.45. The number of carbonyl (C=O) groups excluding carboxylic acids is 1. The summed E-state index contributed by atoms with van der Waals surface area (Å²) in [5.74, 6) is 0.0853. The highest BCUT2D eigenvalue weighted by Gasteiger charge is 2.23. The second kappa shape index (κ2) is 7.47. The summed E-state index contributed by atoms with van der Waals surface area (Å²) in [5, 5.41) is 17.6. The highest BCUT2D eigenvalue weighted by atomic mass is 16.6. The molecule has 1 aliphatic heterocycles. The fraction of sp³-hybridized carbons (Fsp3) is 0.500. The molecule has 134 valence electrons. The van der Waals surface area contributed by atoms with Crippen molar-refractivity contribution < 1.29 is 14.1 Å². The fourth-order valence-electron chi connectivity index (χ4n) is 2.97. The van der Waals surface area contributed by atoms with Crippen LogP contribution in [0.1, 0.15) is 29.0 Å². The highest BCUT2D eigenvalue weighted by molar-refractivity contribution is 5.92. The molecule has 1 N–H and O–H groups in total. The number of furan rings is 1. The minimum absolute atomic E-state index is 0.130. The van der Waals surface area contributed by atoms with Crippen molar-refractivity contribution in [2.45, 2.75) is 32.4 Å². The van der Waals surface area contributed by atoms with Gasteiger partial charge in [-0.25, -0.2) is 0 Å². The van der Waals surface area contributed by atoms with E-state index in [0.29, 0.717) is 12.3 Å². The van der Waals surface area contributed by atoms with Crippen LogP contribution in [0.15, 0.2) is 29.0 Å². The summed E-state index contributed by atoms with van der Waals surface area (Å²) >= 11 is 0. The number of aryl methyl sites for hydroxylation is 1.